The first-order valence-corrected chi connectivity index (χ1v) is 6.35. The lowest BCUT2D eigenvalue weighted by atomic mass is 9.86. The van der Waals surface area contributed by atoms with Crippen molar-refractivity contribution in [1.82, 2.24) is 5.32 Å². The van der Waals surface area contributed by atoms with E-state index in [1.807, 2.05) is 0 Å². The average molecular weight is 289 g/mol. The summed E-state index contributed by atoms with van der Waals surface area (Å²) >= 11 is 0. The molecule has 0 bridgehead atoms. The third kappa shape index (κ3) is 2.14. The Hall–Kier alpha value is -2.77. The first-order chi connectivity index (χ1) is 10.0. The predicted octanol–water partition coefficient (Wildman–Crippen LogP) is 0.895. The van der Waals surface area contributed by atoms with Gasteiger partial charge in [-0.2, -0.15) is 0 Å². The summed E-state index contributed by atoms with van der Waals surface area (Å²) < 4.78 is 0. The summed E-state index contributed by atoms with van der Waals surface area (Å²) in [5.41, 5.74) is -0.660. The number of carbonyl (C=O) groups excluding carboxylic acids is 2. The molecule has 1 aromatic rings. The second kappa shape index (κ2) is 4.65. The quantitative estimate of drug-likeness (QED) is 0.494. The van der Waals surface area contributed by atoms with E-state index in [0.29, 0.717) is 11.3 Å². The lowest BCUT2D eigenvalue weighted by Crippen LogP contribution is -2.53. The number of oxime groups is 1. The summed E-state index contributed by atoms with van der Waals surface area (Å²) in [5.74, 6) is -0.899. The van der Waals surface area contributed by atoms with E-state index in [1.165, 1.54) is 6.07 Å². The molecular formula is C13H11N3O5. The van der Waals surface area contributed by atoms with Crippen LogP contribution < -0.4 is 5.32 Å². The van der Waals surface area contributed by atoms with Crippen molar-refractivity contribution in [2.24, 2.45) is 5.16 Å². The number of nitro groups is 1. The van der Waals surface area contributed by atoms with E-state index < -0.39 is 16.4 Å². The zero-order valence-corrected chi connectivity index (χ0v) is 10.9. The molecule has 1 aromatic carbocycles. The molecule has 0 radical (unpaired) electrons. The second-order valence-corrected chi connectivity index (χ2v) is 4.95. The number of benzene rings is 1. The lowest BCUT2D eigenvalue weighted by Gasteiger charge is -2.28. The normalized spacial score (nSPS) is 24.5. The molecule has 0 saturated carbocycles. The standard InChI is InChI=1S/C13H11N3O5/c17-11-5-6-13(12(18)14-11)7-9(15-21-13)8-3-1-2-4-10(8)16(19)20/h1-4H,5-7H2,(H,14,17,18). The van der Waals surface area contributed by atoms with Crippen LogP contribution in [0.25, 0.3) is 0 Å². The fourth-order valence-electron chi connectivity index (χ4n) is 2.49. The van der Waals surface area contributed by atoms with E-state index in [4.69, 9.17) is 4.84 Å². The van der Waals surface area contributed by atoms with Gasteiger partial charge in [-0.15, -0.1) is 0 Å². The zero-order chi connectivity index (χ0) is 15.0. The van der Waals surface area contributed by atoms with Crippen molar-refractivity contribution in [3.05, 3.63) is 39.9 Å². The van der Waals surface area contributed by atoms with Crippen LogP contribution in [0.3, 0.4) is 0 Å². The van der Waals surface area contributed by atoms with Crippen molar-refractivity contribution in [3.63, 3.8) is 0 Å². The van der Waals surface area contributed by atoms with E-state index in [-0.39, 0.29) is 30.9 Å². The molecule has 1 N–H and O–H groups in total. The molecule has 0 aromatic heterocycles. The van der Waals surface area contributed by atoms with Crippen LogP contribution >= 0.6 is 0 Å². The molecule has 0 aliphatic carbocycles. The van der Waals surface area contributed by atoms with E-state index in [2.05, 4.69) is 10.5 Å². The van der Waals surface area contributed by atoms with Gasteiger partial charge in [0.25, 0.3) is 11.6 Å². The van der Waals surface area contributed by atoms with Crippen LogP contribution in [0.4, 0.5) is 5.69 Å². The molecule has 8 nitrogen and oxygen atoms in total. The maximum Gasteiger partial charge on any atom is 0.278 e. The molecule has 2 aliphatic heterocycles. The molecule has 2 aliphatic rings. The molecule has 2 heterocycles. The molecular weight excluding hydrogens is 278 g/mol. The Labute approximate surface area is 118 Å². The highest BCUT2D eigenvalue weighted by molar-refractivity contribution is 6.10. The Morgan fingerprint density at radius 1 is 1.33 bits per heavy atom. The van der Waals surface area contributed by atoms with Gasteiger partial charge >= 0.3 is 0 Å². The molecule has 8 heteroatoms. The Morgan fingerprint density at radius 3 is 2.81 bits per heavy atom. The van der Waals surface area contributed by atoms with Crippen molar-refractivity contribution in [3.8, 4) is 0 Å². The monoisotopic (exact) mass is 289 g/mol. The third-order valence-electron chi connectivity index (χ3n) is 3.62. The Kier molecular flexibility index (Phi) is 2.93. The average Bonchev–Trinajstić information content (AvgIpc) is 2.89. The van der Waals surface area contributed by atoms with Crippen LogP contribution in [-0.2, 0) is 14.4 Å². The van der Waals surface area contributed by atoms with E-state index in [9.17, 15) is 19.7 Å². The number of para-hydroxylation sites is 1. The minimum absolute atomic E-state index is 0.0933. The number of rotatable bonds is 2. The summed E-state index contributed by atoms with van der Waals surface area (Å²) in [4.78, 5) is 38.9. The molecule has 1 saturated heterocycles. The third-order valence-corrected chi connectivity index (χ3v) is 3.62. The summed E-state index contributed by atoms with van der Waals surface area (Å²) in [6.45, 7) is 0. The van der Waals surface area contributed by atoms with Gasteiger partial charge in [-0.3, -0.25) is 25.0 Å². The summed E-state index contributed by atoms with van der Waals surface area (Å²) in [6, 6.07) is 6.14. The maximum atomic E-state index is 12.0. The lowest BCUT2D eigenvalue weighted by molar-refractivity contribution is -0.385. The molecule has 21 heavy (non-hydrogen) atoms. The molecule has 3 rings (SSSR count). The molecule has 108 valence electrons. The first kappa shape index (κ1) is 13.2. The van der Waals surface area contributed by atoms with Crippen molar-refractivity contribution < 1.29 is 19.3 Å². The first-order valence-electron chi connectivity index (χ1n) is 6.35. The Bertz CT molecular complexity index is 684. The number of nitro benzene ring substituents is 1. The highest BCUT2D eigenvalue weighted by Gasteiger charge is 2.50. The number of imide groups is 1. The Morgan fingerprint density at radius 2 is 2.10 bits per heavy atom. The highest BCUT2D eigenvalue weighted by Crippen LogP contribution is 2.35. The van der Waals surface area contributed by atoms with Crippen LogP contribution in [0.1, 0.15) is 24.8 Å². The van der Waals surface area contributed by atoms with E-state index in [1.54, 1.807) is 18.2 Å². The zero-order valence-electron chi connectivity index (χ0n) is 10.9. The van der Waals surface area contributed by atoms with Crippen LogP contribution in [0.2, 0.25) is 0 Å². The van der Waals surface area contributed by atoms with Gasteiger partial charge in [0.1, 0.15) is 0 Å². The molecule has 1 fully saturated rings. The maximum absolute atomic E-state index is 12.0. The van der Waals surface area contributed by atoms with Gasteiger partial charge in [0.15, 0.2) is 0 Å². The molecule has 1 atom stereocenters. The molecule has 1 unspecified atom stereocenters. The van der Waals surface area contributed by atoms with Crippen molar-refractivity contribution in [2.45, 2.75) is 24.9 Å². The second-order valence-electron chi connectivity index (χ2n) is 4.95. The fourth-order valence-corrected chi connectivity index (χ4v) is 2.49. The van der Waals surface area contributed by atoms with E-state index in [0.717, 1.165) is 0 Å². The van der Waals surface area contributed by atoms with Crippen LogP contribution in [0.5, 0.6) is 0 Å². The van der Waals surface area contributed by atoms with E-state index >= 15 is 0 Å². The molecule has 2 amide bonds. The van der Waals surface area contributed by atoms with Crippen molar-refractivity contribution in [2.75, 3.05) is 0 Å². The van der Waals surface area contributed by atoms with Crippen LogP contribution in [-0.4, -0.2) is 28.1 Å². The number of carbonyl (C=O) groups is 2. The van der Waals surface area contributed by atoms with Gasteiger partial charge in [-0.25, -0.2) is 0 Å². The van der Waals surface area contributed by atoms with Crippen LogP contribution in [0.15, 0.2) is 29.4 Å². The van der Waals surface area contributed by atoms with Gasteiger partial charge in [-0.1, -0.05) is 17.3 Å². The number of nitrogens with zero attached hydrogens (tertiary/aromatic N) is 2. The predicted molar refractivity (Wildman–Crippen MR) is 70.5 cm³/mol. The molecule has 1 spiro atoms. The van der Waals surface area contributed by atoms with Crippen molar-refractivity contribution >= 4 is 23.2 Å². The van der Waals surface area contributed by atoms with Gasteiger partial charge < -0.3 is 4.84 Å². The number of amides is 2. The minimum Gasteiger partial charge on any atom is -0.378 e. The summed E-state index contributed by atoms with van der Waals surface area (Å²) in [7, 11) is 0. The Balaban J connectivity index is 1.89. The fraction of sp³-hybridized carbons (Fsp3) is 0.308. The number of piperidine rings is 1. The van der Waals surface area contributed by atoms with Crippen LogP contribution in [0, 0.1) is 10.1 Å². The number of hydrogen-bond donors (Lipinski definition) is 1. The van der Waals surface area contributed by atoms with Gasteiger partial charge in [0.05, 0.1) is 16.2 Å². The summed E-state index contributed by atoms with van der Waals surface area (Å²) in [5, 5.41) is 17.1. The van der Waals surface area contributed by atoms with Gasteiger partial charge in [0, 0.05) is 25.3 Å². The van der Waals surface area contributed by atoms with Crippen molar-refractivity contribution in [1.29, 1.82) is 0 Å². The highest BCUT2D eigenvalue weighted by atomic mass is 16.7. The van der Waals surface area contributed by atoms with Gasteiger partial charge in [-0.05, 0) is 6.07 Å². The SMILES string of the molecule is O=C1CCC2(CC(c3ccccc3[N+](=O)[O-])=NO2)C(=O)N1. The smallest absolute Gasteiger partial charge is 0.278 e. The van der Waals surface area contributed by atoms with Gasteiger partial charge in [0.2, 0.25) is 11.5 Å². The topological polar surface area (TPSA) is 111 Å². The summed E-state index contributed by atoms with van der Waals surface area (Å²) in [6.07, 6.45) is 0.480. The minimum atomic E-state index is -1.23. The number of nitrogens with one attached hydrogen (secondary N) is 1. The largest absolute Gasteiger partial charge is 0.378 e. The number of hydrogen-bond acceptors (Lipinski definition) is 6.